The largest absolute Gasteiger partial charge is 0.354 e. The SMILES string of the molecule is CCCc1nnsc1C(=O)N1CCCNC(=O)C1. The number of hydrogen-bond acceptors (Lipinski definition) is 5. The summed E-state index contributed by atoms with van der Waals surface area (Å²) in [6.07, 6.45) is 2.45. The highest BCUT2D eigenvalue weighted by atomic mass is 32.1. The number of hydrogen-bond donors (Lipinski definition) is 1. The molecule has 1 saturated heterocycles. The van der Waals surface area contributed by atoms with Crippen molar-refractivity contribution in [3.05, 3.63) is 10.6 Å². The van der Waals surface area contributed by atoms with Crippen LogP contribution in [0.1, 0.15) is 35.1 Å². The first-order valence-electron chi connectivity index (χ1n) is 6.09. The molecule has 2 heterocycles. The second-order valence-electron chi connectivity index (χ2n) is 4.23. The first-order chi connectivity index (χ1) is 8.72. The van der Waals surface area contributed by atoms with Gasteiger partial charge in [-0.1, -0.05) is 17.8 Å². The molecule has 0 unspecified atom stereocenters. The Hall–Kier alpha value is -1.50. The Morgan fingerprint density at radius 1 is 1.56 bits per heavy atom. The Bertz CT molecular complexity index is 446. The second kappa shape index (κ2) is 5.90. The molecule has 98 valence electrons. The molecule has 2 amide bonds. The third-order valence-electron chi connectivity index (χ3n) is 2.79. The quantitative estimate of drug-likeness (QED) is 0.864. The molecule has 1 aliphatic heterocycles. The molecule has 0 aliphatic carbocycles. The van der Waals surface area contributed by atoms with Crippen LogP contribution in [0.4, 0.5) is 0 Å². The van der Waals surface area contributed by atoms with Crippen LogP contribution in [0.3, 0.4) is 0 Å². The molecule has 0 aromatic carbocycles. The van der Waals surface area contributed by atoms with Crippen LogP contribution >= 0.6 is 11.5 Å². The fourth-order valence-electron chi connectivity index (χ4n) is 1.89. The molecule has 0 saturated carbocycles. The summed E-state index contributed by atoms with van der Waals surface area (Å²) in [6, 6.07) is 0. The molecule has 0 atom stereocenters. The average molecular weight is 268 g/mol. The van der Waals surface area contributed by atoms with Crippen molar-refractivity contribution in [2.24, 2.45) is 0 Å². The number of rotatable bonds is 3. The van der Waals surface area contributed by atoms with Crippen LogP contribution in [0, 0.1) is 0 Å². The average Bonchev–Trinajstić information content (AvgIpc) is 2.70. The Labute approximate surface area is 110 Å². The minimum atomic E-state index is -0.120. The van der Waals surface area contributed by atoms with E-state index in [0.717, 1.165) is 36.5 Å². The smallest absolute Gasteiger partial charge is 0.267 e. The molecule has 6 nitrogen and oxygen atoms in total. The van der Waals surface area contributed by atoms with E-state index < -0.39 is 0 Å². The Morgan fingerprint density at radius 3 is 3.17 bits per heavy atom. The lowest BCUT2D eigenvalue weighted by atomic mass is 10.2. The highest BCUT2D eigenvalue weighted by Gasteiger charge is 2.25. The van der Waals surface area contributed by atoms with Crippen molar-refractivity contribution in [1.82, 2.24) is 19.8 Å². The number of amides is 2. The summed E-state index contributed by atoms with van der Waals surface area (Å²) in [5.74, 6) is -0.221. The van der Waals surface area contributed by atoms with Gasteiger partial charge in [0, 0.05) is 13.1 Å². The van der Waals surface area contributed by atoms with E-state index in [9.17, 15) is 9.59 Å². The van der Waals surface area contributed by atoms with Crippen LogP contribution in [-0.2, 0) is 11.2 Å². The van der Waals surface area contributed by atoms with Crippen LogP contribution in [-0.4, -0.2) is 45.9 Å². The molecular weight excluding hydrogens is 252 g/mol. The predicted octanol–water partition coefficient (Wildman–Crippen LogP) is 0.453. The summed E-state index contributed by atoms with van der Waals surface area (Å²) in [5.41, 5.74) is 0.747. The van der Waals surface area contributed by atoms with E-state index in [2.05, 4.69) is 14.9 Å². The molecule has 0 radical (unpaired) electrons. The summed E-state index contributed by atoms with van der Waals surface area (Å²) >= 11 is 1.12. The number of carbonyl (C=O) groups excluding carboxylic acids is 2. The zero-order valence-electron chi connectivity index (χ0n) is 10.3. The molecule has 1 N–H and O–H groups in total. The van der Waals surface area contributed by atoms with Crippen LogP contribution in [0.25, 0.3) is 0 Å². The molecule has 18 heavy (non-hydrogen) atoms. The van der Waals surface area contributed by atoms with Gasteiger partial charge in [0.05, 0.1) is 12.2 Å². The monoisotopic (exact) mass is 268 g/mol. The fraction of sp³-hybridized carbons (Fsp3) is 0.636. The van der Waals surface area contributed by atoms with Crippen LogP contribution in [0.5, 0.6) is 0 Å². The van der Waals surface area contributed by atoms with Gasteiger partial charge >= 0.3 is 0 Å². The maximum atomic E-state index is 12.3. The third-order valence-corrected chi connectivity index (χ3v) is 3.54. The van der Waals surface area contributed by atoms with Gasteiger partial charge in [0.25, 0.3) is 5.91 Å². The zero-order valence-corrected chi connectivity index (χ0v) is 11.1. The number of aryl methyl sites for hydroxylation is 1. The molecule has 0 spiro atoms. The normalized spacial score (nSPS) is 16.3. The van der Waals surface area contributed by atoms with Gasteiger partial charge < -0.3 is 10.2 Å². The Kier molecular flexibility index (Phi) is 4.24. The van der Waals surface area contributed by atoms with E-state index in [1.165, 1.54) is 0 Å². The van der Waals surface area contributed by atoms with Crippen molar-refractivity contribution >= 4 is 23.3 Å². The van der Waals surface area contributed by atoms with E-state index >= 15 is 0 Å². The van der Waals surface area contributed by atoms with Gasteiger partial charge in [-0.25, -0.2) is 0 Å². The summed E-state index contributed by atoms with van der Waals surface area (Å²) in [4.78, 5) is 25.9. The van der Waals surface area contributed by atoms with Gasteiger partial charge in [-0.15, -0.1) is 5.10 Å². The molecule has 7 heteroatoms. The van der Waals surface area contributed by atoms with E-state index in [0.29, 0.717) is 18.0 Å². The highest BCUT2D eigenvalue weighted by molar-refractivity contribution is 7.08. The minimum absolute atomic E-state index is 0.102. The lowest BCUT2D eigenvalue weighted by Gasteiger charge is -2.18. The van der Waals surface area contributed by atoms with E-state index in [1.807, 2.05) is 6.92 Å². The predicted molar refractivity (Wildman–Crippen MR) is 67.4 cm³/mol. The number of nitrogens with one attached hydrogen (secondary N) is 1. The second-order valence-corrected chi connectivity index (χ2v) is 4.98. The lowest BCUT2D eigenvalue weighted by molar-refractivity contribution is -0.121. The highest BCUT2D eigenvalue weighted by Crippen LogP contribution is 2.16. The standard InChI is InChI=1S/C11H16N4O2S/c1-2-4-8-10(18-14-13-8)11(17)15-6-3-5-12-9(16)7-15/h2-7H2,1H3,(H,12,16). The van der Waals surface area contributed by atoms with Crippen molar-refractivity contribution < 1.29 is 9.59 Å². The lowest BCUT2D eigenvalue weighted by Crippen LogP contribution is -2.37. The summed E-state index contributed by atoms with van der Waals surface area (Å²) in [5, 5.41) is 6.74. The molecule has 0 bridgehead atoms. The first kappa shape index (κ1) is 12.9. The minimum Gasteiger partial charge on any atom is -0.354 e. The van der Waals surface area contributed by atoms with E-state index in [1.54, 1.807) is 4.90 Å². The van der Waals surface area contributed by atoms with Gasteiger partial charge in [0.2, 0.25) is 5.91 Å². The Balaban J connectivity index is 2.13. The topological polar surface area (TPSA) is 75.2 Å². The number of carbonyl (C=O) groups is 2. The maximum Gasteiger partial charge on any atom is 0.267 e. The van der Waals surface area contributed by atoms with Gasteiger partial charge in [0.15, 0.2) is 0 Å². The molecule has 1 aromatic rings. The maximum absolute atomic E-state index is 12.3. The van der Waals surface area contributed by atoms with Gasteiger partial charge in [-0.2, -0.15) is 0 Å². The van der Waals surface area contributed by atoms with E-state index in [4.69, 9.17) is 0 Å². The van der Waals surface area contributed by atoms with Gasteiger partial charge in [0.1, 0.15) is 4.88 Å². The summed E-state index contributed by atoms with van der Waals surface area (Å²) in [7, 11) is 0. The molecule has 2 rings (SSSR count). The zero-order chi connectivity index (χ0) is 13.0. The van der Waals surface area contributed by atoms with Crippen LogP contribution in [0.15, 0.2) is 0 Å². The summed E-state index contributed by atoms with van der Waals surface area (Å²) < 4.78 is 3.84. The molecule has 1 fully saturated rings. The molecule has 1 aromatic heterocycles. The van der Waals surface area contributed by atoms with Crippen LogP contribution in [0.2, 0.25) is 0 Å². The van der Waals surface area contributed by atoms with Crippen molar-refractivity contribution in [2.75, 3.05) is 19.6 Å². The third kappa shape index (κ3) is 2.84. The molecular formula is C11H16N4O2S. The van der Waals surface area contributed by atoms with Gasteiger partial charge in [-0.05, 0) is 24.4 Å². The number of nitrogens with zero attached hydrogens (tertiary/aromatic N) is 3. The first-order valence-corrected chi connectivity index (χ1v) is 6.87. The fourth-order valence-corrected chi connectivity index (χ4v) is 2.57. The van der Waals surface area contributed by atoms with Crippen molar-refractivity contribution in [2.45, 2.75) is 26.2 Å². The van der Waals surface area contributed by atoms with Crippen molar-refractivity contribution in [3.8, 4) is 0 Å². The van der Waals surface area contributed by atoms with Gasteiger partial charge in [-0.3, -0.25) is 9.59 Å². The number of aromatic nitrogens is 2. The van der Waals surface area contributed by atoms with E-state index in [-0.39, 0.29) is 18.4 Å². The van der Waals surface area contributed by atoms with Crippen molar-refractivity contribution in [3.63, 3.8) is 0 Å². The summed E-state index contributed by atoms with van der Waals surface area (Å²) in [6.45, 7) is 3.39. The van der Waals surface area contributed by atoms with Crippen LogP contribution < -0.4 is 5.32 Å². The Morgan fingerprint density at radius 2 is 2.39 bits per heavy atom. The molecule has 1 aliphatic rings. The van der Waals surface area contributed by atoms with Crippen molar-refractivity contribution in [1.29, 1.82) is 0 Å².